The Labute approximate surface area is 124 Å². The Morgan fingerprint density at radius 2 is 1.86 bits per heavy atom. The first-order valence-corrected chi connectivity index (χ1v) is 8.34. The van der Waals surface area contributed by atoms with Crippen LogP contribution in [0.4, 0.5) is 0 Å². The Balaban J connectivity index is 2.60. The second kappa shape index (κ2) is 6.47. The summed E-state index contributed by atoms with van der Waals surface area (Å²) in [5.41, 5.74) is 0. The zero-order valence-electron chi connectivity index (χ0n) is 11.7. The number of hydrogen-bond donors (Lipinski definition) is 2. The number of ether oxygens (including phenoxy) is 1. The van der Waals surface area contributed by atoms with Gasteiger partial charge in [-0.15, -0.1) is 0 Å². The van der Waals surface area contributed by atoms with E-state index in [2.05, 4.69) is 0 Å². The van der Waals surface area contributed by atoms with Crippen LogP contribution in [-0.2, 0) is 9.84 Å². The van der Waals surface area contributed by atoms with E-state index in [4.69, 9.17) is 14.8 Å². The predicted molar refractivity (Wildman–Crippen MR) is 82.2 cm³/mol. The molecule has 0 aliphatic rings. The third-order valence-corrected chi connectivity index (χ3v) is 4.92. The van der Waals surface area contributed by atoms with Gasteiger partial charge in [-0.3, -0.25) is 0 Å². The molecular weight excluding hydrogens is 291 g/mol. The van der Waals surface area contributed by atoms with E-state index < -0.39 is 17.0 Å². The van der Waals surface area contributed by atoms with Crippen LogP contribution in [0.3, 0.4) is 0 Å². The molecule has 0 atom stereocenters. The minimum absolute atomic E-state index is 0.114. The smallest absolute Gasteiger partial charge is 0.452 e. The van der Waals surface area contributed by atoms with Crippen molar-refractivity contribution in [2.24, 2.45) is 0 Å². The lowest BCUT2D eigenvalue weighted by atomic mass is 9.88. The van der Waals surface area contributed by atoms with Gasteiger partial charge in [0.25, 0.3) is 0 Å². The van der Waals surface area contributed by atoms with Crippen LogP contribution >= 0.6 is 0 Å². The molecule has 0 bridgehead atoms. The summed E-state index contributed by atoms with van der Waals surface area (Å²) in [5, 5.41) is 19.2. The molecule has 0 aliphatic carbocycles. The second-order valence-corrected chi connectivity index (χ2v) is 6.68. The first kappa shape index (κ1) is 15.8. The van der Waals surface area contributed by atoms with Crippen molar-refractivity contribution in [1.82, 2.24) is 0 Å². The molecule has 2 rings (SSSR count). The maximum absolute atomic E-state index is 12.5. The molecule has 7 heteroatoms. The van der Waals surface area contributed by atoms with Gasteiger partial charge >= 0.3 is 7.12 Å². The van der Waals surface area contributed by atoms with Gasteiger partial charge in [-0.1, -0.05) is 30.3 Å². The molecule has 0 unspecified atom stereocenters. The van der Waals surface area contributed by atoms with Crippen LogP contribution in [0, 0.1) is 0 Å². The van der Waals surface area contributed by atoms with Gasteiger partial charge in [0.15, 0.2) is 9.84 Å². The highest BCUT2D eigenvalue weighted by molar-refractivity contribution is 7.91. The summed E-state index contributed by atoms with van der Waals surface area (Å²) < 4.78 is 30.5. The van der Waals surface area contributed by atoms with Gasteiger partial charge in [0, 0.05) is 5.39 Å². The molecule has 0 aromatic heterocycles. The maximum Gasteiger partial charge on any atom is 0.452 e. The Kier molecular flexibility index (Phi) is 4.87. The van der Waals surface area contributed by atoms with E-state index in [0.29, 0.717) is 17.7 Å². The van der Waals surface area contributed by atoms with E-state index in [0.717, 1.165) is 5.39 Å². The van der Waals surface area contributed by atoms with Crippen LogP contribution < -0.4 is 4.74 Å². The van der Waals surface area contributed by atoms with Crippen molar-refractivity contribution >= 4 is 27.7 Å². The molecule has 5 nitrogen and oxygen atoms in total. The lowest BCUT2D eigenvalue weighted by molar-refractivity contribution is 0.332. The topological polar surface area (TPSA) is 83.8 Å². The fourth-order valence-electron chi connectivity index (χ4n) is 2.18. The quantitative estimate of drug-likeness (QED) is 0.790. The number of fused-ring (bicyclic) bond motifs is 1. The van der Waals surface area contributed by atoms with Crippen LogP contribution in [-0.4, -0.2) is 37.9 Å². The first-order valence-electron chi connectivity index (χ1n) is 6.69. The molecule has 112 valence electrons. The molecule has 2 N–H and O–H groups in total. The van der Waals surface area contributed by atoms with Crippen molar-refractivity contribution in [3.05, 3.63) is 36.4 Å². The van der Waals surface area contributed by atoms with Gasteiger partial charge < -0.3 is 14.8 Å². The molecule has 0 spiro atoms. The third kappa shape index (κ3) is 3.55. The lowest BCUT2D eigenvalue weighted by Crippen LogP contribution is -2.18. The summed E-state index contributed by atoms with van der Waals surface area (Å²) >= 11 is 0. The van der Waals surface area contributed by atoms with Crippen LogP contribution in [0.25, 0.3) is 10.8 Å². The Hall–Kier alpha value is -1.57. The fourth-order valence-corrected chi connectivity index (χ4v) is 3.86. The predicted octanol–water partition coefficient (Wildman–Crippen LogP) is 1.48. The first-order chi connectivity index (χ1) is 9.95. The molecule has 2 aromatic rings. The number of sulfone groups is 1. The summed E-state index contributed by atoms with van der Waals surface area (Å²) in [6, 6.07) is 10.6. The molecule has 0 saturated carbocycles. The average molecular weight is 308 g/mol. The maximum atomic E-state index is 12.5. The highest BCUT2D eigenvalue weighted by Gasteiger charge is 2.24. The van der Waals surface area contributed by atoms with Crippen molar-refractivity contribution in [3.63, 3.8) is 0 Å². The van der Waals surface area contributed by atoms with Crippen molar-refractivity contribution in [2.45, 2.75) is 18.1 Å². The van der Waals surface area contributed by atoms with Gasteiger partial charge in [0.1, 0.15) is 10.6 Å². The van der Waals surface area contributed by atoms with Gasteiger partial charge in [-0.2, -0.15) is 0 Å². The van der Waals surface area contributed by atoms with E-state index in [1.165, 1.54) is 0 Å². The average Bonchev–Trinajstić information content (AvgIpc) is 2.45. The van der Waals surface area contributed by atoms with Gasteiger partial charge in [-0.05, 0) is 24.7 Å². The second-order valence-electron chi connectivity index (χ2n) is 4.64. The SMILES string of the molecule is CCOc1ccc2ccccc2c1S(=O)(=O)CCB(O)O. The van der Waals surface area contributed by atoms with Gasteiger partial charge in [0.2, 0.25) is 0 Å². The zero-order chi connectivity index (χ0) is 15.5. The molecule has 0 aliphatic heterocycles. The number of hydrogen-bond acceptors (Lipinski definition) is 5. The summed E-state index contributed by atoms with van der Waals surface area (Å²) in [5.74, 6) is -0.0534. The summed E-state index contributed by atoms with van der Waals surface area (Å²) in [4.78, 5) is 0.114. The Morgan fingerprint density at radius 3 is 2.52 bits per heavy atom. The largest absolute Gasteiger partial charge is 0.492 e. The van der Waals surface area contributed by atoms with Crippen LogP contribution in [0.1, 0.15) is 6.92 Å². The van der Waals surface area contributed by atoms with Crippen LogP contribution in [0.15, 0.2) is 41.3 Å². The van der Waals surface area contributed by atoms with Crippen molar-refractivity contribution in [2.75, 3.05) is 12.4 Å². The minimum Gasteiger partial charge on any atom is -0.492 e. The highest BCUT2D eigenvalue weighted by Crippen LogP contribution is 2.33. The van der Waals surface area contributed by atoms with Crippen LogP contribution in [0.2, 0.25) is 6.32 Å². The van der Waals surface area contributed by atoms with Crippen LogP contribution in [0.5, 0.6) is 5.75 Å². The molecule has 0 heterocycles. The lowest BCUT2D eigenvalue weighted by Gasteiger charge is -2.14. The monoisotopic (exact) mass is 308 g/mol. The molecular formula is C14H17BO5S. The Bertz CT molecular complexity index is 727. The zero-order valence-corrected chi connectivity index (χ0v) is 12.5. The molecule has 0 saturated heterocycles. The third-order valence-electron chi connectivity index (χ3n) is 3.10. The molecule has 0 fully saturated rings. The molecule has 0 amide bonds. The molecule has 2 aromatic carbocycles. The van der Waals surface area contributed by atoms with E-state index in [1.54, 1.807) is 31.2 Å². The summed E-state index contributed by atoms with van der Waals surface area (Å²) in [6.07, 6.45) is -0.239. The number of rotatable bonds is 6. The minimum atomic E-state index is -3.68. The Morgan fingerprint density at radius 1 is 1.14 bits per heavy atom. The summed E-state index contributed by atoms with van der Waals surface area (Å²) in [6.45, 7) is 2.13. The van der Waals surface area contributed by atoms with Crippen molar-refractivity contribution in [3.8, 4) is 5.75 Å². The van der Waals surface area contributed by atoms with E-state index in [1.807, 2.05) is 12.1 Å². The number of benzene rings is 2. The summed E-state index contributed by atoms with van der Waals surface area (Å²) in [7, 11) is -5.33. The van der Waals surface area contributed by atoms with Crippen molar-refractivity contribution < 1.29 is 23.2 Å². The highest BCUT2D eigenvalue weighted by atomic mass is 32.2. The van der Waals surface area contributed by atoms with E-state index >= 15 is 0 Å². The fraction of sp³-hybridized carbons (Fsp3) is 0.286. The molecule has 21 heavy (non-hydrogen) atoms. The molecule has 0 radical (unpaired) electrons. The van der Waals surface area contributed by atoms with Gasteiger partial charge in [0.05, 0.1) is 12.4 Å². The van der Waals surface area contributed by atoms with Gasteiger partial charge in [-0.25, -0.2) is 8.42 Å². The standard InChI is InChI=1S/C14H17BO5S/c1-2-20-13-8-7-11-5-3-4-6-12(11)14(13)21(18,19)10-9-15(16)17/h3-8,16-17H,2,9-10H2,1H3. The van der Waals surface area contributed by atoms with E-state index in [-0.39, 0.29) is 17.0 Å². The van der Waals surface area contributed by atoms with E-state index in [9.17, 15) is 8.42 Å². The normalized spacial score (nSPS) is 11.6. The van der Waals surface area contributed by atoms with Crippen molar-refractivity contribution in [1.29, 1.82) is 0 Å².